The van der Waals surface area contributed by atoms with E-state index in [1.54, 1.807) is 19.3 Å². The molecule has 11 bridgehead atoms. The minimum atomic E-state index is -2.27. The van der Waals surface area contributed by atoms with Crippen LogP contribution in [0.15, 0.2) is 78.9 Å². The summed E-state index contributed by atoms with van der Waals surface area (Å²) in [5.41, 5.74) is 6.13. The number of aliphatic hydroxyl groups excluding tert-OH is 6. The third kappa shape index (κ3) is 15.8. The SMILES string of the molecule is C[NH2+]C(CC(C)C)C(=O)NC1C(=O)NC(C(N)=O)CC(=O)NC2C(=O)NC3C(=O)NC(C(=O)NC(C(=O)O)c4cc(O)cc(O)c4-c4cc3ccc4O)C(O)c3ccc(c(Cl)c3)Oc3cc2cc(c3O[C@@H]2O[C@H](CO)[C@@H](O)[C@H](O)[C@H]2O[C@H]2C[C@](C)([NH3+])[C@H](O)[C@H](C)O2)Oc2ccc(cc2Cl)C1O. The van der Waals surface area contributed by atoms with Crippen LogP contribution < -0.4 is 62.9 Å². The second kappa shape index (κ2) is 30.2. The molecule has 0 aliphatic carbocycles. The third-order valence-electron chi connectivity index (χ3n) is 18.0. The van der Waals surface area contributed by atoms with Gasteiger partial charge in [-0.3, -0.25) is 33.6 Å². The summed E-state index contributed by atoms with van der Waals surface area (Å²) in [6.45, 7) is 5.88. The second-order valence-corrected chi connectivity index (χ2v) is 26.8. The molecule has 23 N–H and O–H groups in total. The number of fused-ring (bicyclic) bond motifs is 16. The molecule has 2 saturated heterocycles. The summed E-state index contributed by atoms with van der Waals surface area (Å²) in [6, 6.07) is -0.0654. The number of nitrogens with two attached hydrogens (primary N) is 2. The zero-order valence-corrected chi connectivity index (χ0v) is 56.0. The standard InChI is InChI=1S/C66H75Cl2N9O24/c1-23(2)12-35(71-5)59(89)76-49-51(83)26-7-10-38(32(67)14-26)97-40-16-28-17-41(55(40)101-65-56(54(86)53(85)42(22-78)99-65)100-44-21-66(4,70)57(87)24(3)96-44)98-39-11-8-27(15-33(39)68)52(84)50-63(93)75-48(64(94)95)31-18-29(79)19-37(81)45(31)30-13-25(6-9-36(30)80)46(60(90)77-50)74-61(91)47(28)73-43(82)20-34(58(69)88)72-62(49)92/h6-11,13-19,23-24,34-35,42,44,46-54,56-57,65,71,78-81,83-87H,12,20-22,70H2,1-5H3,(H2,69,88)(H,72,92)(H,73,82)(H,74,91)(H,75,93)(H,76,89)(H,77,90)(H,94,95)/p+2/t24-,34?,35?,42+,44-,46?,47?,48?,49?,50?,51?,52?,53+,54-,56+,57+,65-,66-/m0/s1. The van der Waals surface area contributed by atoms with Crippen LogP contribution >= 0.6 is 23.2 Å². The molecule has 7 aliphatic heterocycles. The van der Waals surface area contributed by atoms with Crippen molar-refractivity contribution in [2.75, 3.05) is 13.7 Å². The molecule has 0 aromatic heterocycles. The lowest BCUT2D eigenvalue weighted by Gasteiger charge is -2.45. The van der Waals surface area contributed by atoms with E-state index < -0.39 is 231 Å². The second-order valence-electron chi connectivity index (χ2n) is 26.0. The number of quaternary nitrogens is 2. The maximum atomic E-state index is 15.9. The highest BCUT2D eigenvalue weighted by atomic mass is 35.5. The first-order valence-electron chi connectivity index (χ1n) is 31.8. The van der Waals surface area contributed by atoms with Crippen molar-refractivity contribution < 1.29 is 129 Å². The summed E-state index contributed by atoms with van der Waals surface area (Å²) in [4.78, 5) is 116. The highest BCUT2D eigenvalue weighted by Crippen LogP contribution is 2.50. The van der Waals surface area contributed by atoms with Crippen LogP contribution in [0.5, 0.6) is 46.0 Å². The highest BCUT2D eigenvalue weighted by Gasteiger charge is 2.52. The number of carboxylic acid groups (broad SMARTS) is 1. The minimum absolute atomic E-state index is 0.0492. The van der Waals surface area contributed by atoms with Crippen LogP contribution in [0.2, 0.25) is 10.0 Å². The topological polar surface area (TPSA) is 537 Å². The number of benzene rings is 5. The Hall–Kier alpha value is -9.20. The molecule has 7 amide bonds. The van der Waals surface area contributed by atoms with Crippen molar-refractivity contribution in [3.05, 3.63) is 117 Å². The van der Waals surface area contributed by atoms with Crippen LogP contribution in [-0.4, -0.2) is 191 Å². The fourth-order valence-electron chi connectivity index (χ4n) is 12.6. The first-order chi connectivity index (χ1) is 47.7. The Kier molecular flexibility index (Phi) is 22.2. The smallest absolute Gasteiger partial charge is 0.330 e. The average Bonchev–Trinajstić information content (AvgIpc) is 0.953. The van der Waals surface area contributed by atoms with Crippen LogP contribution in [0.4, 0.5) is 0 Å². The first-order valence-corrected chi connectivity index (χ1v) is 32.6. The van der Waals surface area contributed by atoms with E-state index in [-0.39, 0.29) is 52.0 Å². The number of carbonyl (C=O) groups excluding carboxylic acids is 7. The number of ether oxygens (including phenoxy) is 6. The van der Waals surface area contributed by atoms with Crippen molar-refractivity contribution in [1.82, 2.24) is 31.9 Å². The summed E-state index contributed by atoms with van der Waals surface area (Å²) in [7, 11) is 1.61. The third-order valence-corrected chi connectivity index (χ3v) is 18.6. The highest BCUT2D eigenvalue weighted by molar-refractivity contribution is 6.32. The number of phenols is 3. The fraction of sp³-hybridized carbons (Fsp3) is 0.424. The van der Waals surface area contributed by atoms with Crippen LogP contribution in [0, 0.1) is 5.92 Å². The molecule has 7 aliphatic rings. The van der Waals surface area contributed by atoms with E-state index in [1.165, 1.54) is 19.1 Å². The number of carboxylic acids is 1. The average molecular weight is 1450 g/mol. The Morgan fingerprint density at radius 3 is 1.94 bits per heavy atom. The number of likely N-dealkylation sites (N-methyl/N-ethyl adjacent to an activating group) is 1. The Morgan fingerprint density at radius 1 is 0.743 bits per heavy atom. The number of carbonyl (C=O) groups is 8. The van der Waals surface area contributed by atoms with Crippen molar-refractivity contribution in [2.24, 2.45) is 11.7 Å². The fourth-order valence-corrected chi connectivity index (χ4v) is 13.1. The number of amides is 7. The quantitative estimate of drug-likeness (QED) is 0.0666. The number of rotatable bonds is 12. The van der Waals surface area contributed by atoms with Gasteiger partial charge in [0.2, 0.25) is 47.5 Å². The number of nitrogens with one attached hydrogen (secondary N) is 6. The predicted octanol–water partition coefficient (Wildman–Crippen LogP) is -1.64. The molecule has 0 spiro atoms. The predicted molar refractivity (Wildman–Crippen MR) is 347 cm³/mol. The van der Waals surface area contributed by atoms with E-state index in [4.69, 9.17) is 57.4 Å². The number of primary amides is 1. The normalized spacial score (nSPS) is 29.6. The molecule has 12 rings (SSSR count). The van der Waals surface area contributed by atoms with Crippen LogP contribution in [0.1, 0.15) is 105 Å². The van der Waals surface area contributed by atoms with Gasteiger partial charge in [-0.05, 0) is 96.6 Å². The van der Waals surface area contributed by atoms with Gasteiger partial charge in [-0.25, -0.2) is 4.79 Å². The van der Waals surface area contributed by atoms with E-state index in [0.29, 0.717) is 0 Å². The Labute approximate surface area is 584 Å². The van der Waals surface area contributed by atoms with Crippen molar-refractivity contribution in [1.29, 1.82) is 0 Å². The van der Waals surface area contributed by atoms with Gasteiger partial charge in [-0.1, -0.05) is 55.2 Å². The number of halogens is 2. The largest absolute Gasteiger partial charge is 0.508 e. The van der Waals surface area contributed by atoms with Crippen molar-refractivity contribution in [3.8, 4) is 57.1 Å². The van der Waals surface area contributed by atoms with Crippen LogP contribution in [0.3, 0.4) is 0 Å². The van der Waals surface area contributed by atoms with Crippen LogP contribution in [-0.2, 0) is 52.6 Å². The van der Waals surface area contributed by atoms with Gasteiger partial charge in [0.1, 0.15) is 101 Å². The summed E-state index contributed by atoms with van der Waals surface area (Å²) < 4.78 is 38.4. The molecule has 5 aromatic carbocycles. The number of aromatic hydroxyl groups is 3. The van der Waals surface area contributed by atoms with E-state index >= 15 is 9.59 Å². The number of aliphatic carboxylic acids is 1. The summed E-state index contributed by atoms with van der Waals surface area (Å²) in [6.07, 6.45) is -18.0. The van der Waals surface area contributed by atoms with E-state index in [9.17, 15) is 79.8 Å². The number of phenolic OH excluding ortho intramolecular Hbond substituents is 3. The van der Waals surface area contributed by atoms with Gasteiger partial charge >= 0.3 is 5.97 Å². The maximum Gasteiger partial charge on any atom is 0.330 e. The number of hydrogen-bond acceptors (Lipinski definition) is 23. The Balaban J connectivity index is 1.23. The molecule has 18 atom stereocenters. The molecule has 5 aromatic rings. The van der Waals surface area contributed by atoms with Crippen molar-refractivity contribution in [2.45, 2.75) is 156 Å². The summed E-state index contributed by atoms with van der Waals surface area (Å²) >= 11 is 14.1. The van der Waals surface area contributed by atoms with E-state index in [2.05, 4.69) is 37.6 Å². The number of aliphatic hydroxyl groups is 6. The van der Waals surface area contributed by atoms with Gasteiger partial charge in [0.15, 0.2) is 36.0 Å². The Morgan fingerprint density at radius 2 is 1.36 bits per heavy atom. The zero-order valence-electron chi connectivity index (χ0n) is 54.5. The van der Waals surface area contributed by atoms with Gasteiger partial charge in [-0.15, -0.1) is 0 Å². The van der Waals surface area contributed by atoms with E-state index in [0.717, 1.165) is 66.7 Å². The van der Waals surface area contributed by atoms with Gasteiger partial charge in [0.05, 0.1) is 42.6 Å². The van der Waals surface area contributed by atoms with Gasteiger partial charge in [0, 0.05) is 29.2 Å². The molecule has 0 saturated carbocycles. The van der Waals surface area contributed by atoms with Crippen molar-refractivity contribution >= 4 is 70.5 Å². The van der Waals surface area contributed by atoms with Gasteiger partial charge in [0.25, 0.3) is 5.91 Å². The number of hydrogen-bond donors (Lipinski definition) is 19. The van der Waals surface area contributed by atoms with Crippen molar-refractivity contribution in [3.63, 3.8) is 0 Å². The zero-order chi connectivity index (χ0) is 73.5. The molecule has 9 unspecified atom stereocenters. The lowest BCUT2D eigenvalue weighted by atomic mass is 9.86. The van der Waals surface area contributed by atoms with Crippen LogP contribution in [0.25, 0.3) is 11.1 Å². The molecule has 35 heteroatoms. The minimum Gasteiger partial charge on any atom is -0.508 e. The molecular weight excluding hydrogens is 1370 g/mol. The molecule has 542 valence electrons. The monoisotopic (exact) mass is 1450 g/mol. The first kappa shape index (κ1) is 74.5. The molecule has 7 heterocycles. The Bertz CT molecular complexity index is 4070. The maximum absolute atomic E-state index is 15.9. The summed E-state index contributed by atoms with van der Waals surface area (Å²) in [5, 5.41) is 129. The lowest BCUT2D eigenvalue weighted by Crippen LogP contribution is -2.89. The molecule has 33 nitrogen and oxygen atoms in total. The van der Waals surface area contributed by atoms with Gasteiger partial charge < -0.3 is 128 Å². The molecular formula is C66H77Cl2N9O24+2. The molecule has 0 radical (unpaired) electrons. The molecule has 2 fully saturated rings. The molecule has 101 heavy (non-hydrogen) atoms. The van der Waals surface area contributed by atoms with Gasteiger partial charge in [-0.2, -0.15) is 0 Å². The van der Waals surface area contributed by atoms with E-state index in [1.807, 2.05) is 13.8 Å². The summed E-state index contributed by atoms with van der Waals surface area (Å²) in [5.74, 6) is -15.6. The lowest BCUT2D eigenvalue weighted by molar-refractivity contribution is -0.651.